The van der Waals surface area contributed by atoms with Crippen molar-refractivity contribution in [2.75, 3.05) is 32.7 Å². The van der Waals surface area contributed by atoms with Gasteiger partial charge in [-0.05, 0) is 25.7 Å². The second kappa shape index (κ2) is 12.1. The Labute approximate surface area is 224 Å². The lowest BCUT2D eigenvalue weighted by molar-refractivity contribution is -0.137. The highest BCUT2D eigenvalue weighted by Crippen LogP contribution is 2.28. The molecule has 4 aliphatic rings. The number of carbonyl (C=O) groups excluding carboxylic acids is 3. The maximum Gasteiger partial charge on any atom is 0.249 e. The van der Waals surface area contributed by atoms with E-state index in [-0.39, 0.29) is 41.2 Å². The maximum atomic E-state index is 13.1. The van der Waals surface area contributed by atoms with Gasteiger partial charge >= 0.3 is 0 Å². The summed E-state index contributed by atoms with van der Waals surface area (Å²) in [4.78, 5) is 41.7. The van der Waals surface area contributed by atoms with Crippen LogP contribution in [0.3, 0.4) is 0 Å². The topological polar surface area (TPSA) is 237 Å². The number of piperidine rings is 1. The summed E-state index contributed by atoms with van der Waals surface area (Å²) in [6.45, 7) is 3.11. The molecule has 0 saturated carbocycles. The number of hydrazine groups is 1. The van der Waals surface area contributed by atoms with Crippen molar-refractivity contribution in [1.29, 1.82) is 0 Å². The van der Waals surface area contributed by atoms with Crippen molar-refractivity contribution in [3.05, 3.63) is 11.0 Å². The number of likely N-dealkylation sites (tertiary alicyclic amines) is 2. The average Bonchev–Trinajstić information content (AvgIpc) is 3.53. The number of amides is 3. The molecule has 3 fully saturated rings. The predicted molar refractivity (Wildman–Crippen MR) is 134 cm³/mol. The fourth-order valence-electron chi connectivity index (χ4n) is 5.26. The van der Waals surface area contributed by atoms with E-state index in [4.69, 9.17) is 29.1 Å². The molecule has 210 valence electrons. The zero-order chi connectivity index (χ0) is 27.3. The lowest BCUT2D eigenvalue weighted by Crippen LogP contribution is -2.63. The fraction of sp³-hybridized carbons (Fsp3) is 0.750. The van der Waals surface area contributed by atoms with Crippen LogP contribution in [-0.2, 0) is 14.4 Å². The van der Waals surface area contributed by atoms with Crippen molar-refractivity contribution in [2.24, 2.45) is 38.2 Å². The third kappa shape index (κ3) is 6.23. The molecule has 0 aromatic heterocycles. The van der Waals surface area contributed by atoms with Gasteiger partial charge in [-0.3, -0.25) is 25.5 Å². The van der Waals surface area contributed by atoms with Gasteiger partial charge in [0.05, 0.1) is 0 Å². The van der Waals surface area contributed by atoms with E-state index in [2.05, 4.69) is 41.9 Å². The van der Waals surface area contributed by atoms with Crippen LogP contribution in [0.25, 0.3) is 0 Å². The minimum Gasteiger partial charge on any atom is -0.358 e. The summed E-state index contributed by atoms with van der Waals surface area (Å²) in [6, 6.07) is -0.985. The minimum absolute atomic E-state index is 0.0162. The summed E-state index contributed by atoms with van der Waals surface area (Å²) < 4.78 is 0. The summed E-state index contributed by atoms with van der Waals surface area (Å²) in [5.74, 6) is 16.1. The van der Waals surface area contributed by atoms with Gasteiger partial charge in [-0.1, -0.05) is 22.0 Å². The Morgan fingerprint density at radius 1 is 1.00 bits per heavy atom. The zero-order valence-corrected chi connectivity index (χ0v) is 21.7. The van der Waals surface area contributed by atoms with Crippen LogP contribution in [0.2, 0.25) is 0 Å². The van der Waals surface area contributed by atoms with Gasteiger partial charge in [0.15, 0.2) is 12.0 Å². The third-order valence-corrected chi connectivity index (χ3v) is 7.63. The molecule has 3 atom stereocenters. The monoisotopic (exact) mass is 554 g/mol. The number of carbonyl (C=O) groups is 3. The van der Waals surface area contributed by atoms with Crippen LogP contribution in [-0.4, -0.2) is 89.3 Å². The molecule has 0 bridgehead atoms. The molecule has 3 saturated heterocycles. The molecular weight excluding hydrogens is 520 g/mol. The van der Waals surface area contributed by atoms with Crippen LogP contribution >= 0.6 is 11.6 Å². The normalized spacial score (nSPS) is 27.8. The van der Waals surface area contributed by atoms with Crippen molar-refractivity contribution in [3.63, 3.8) is 0 Å². The second-order valence-electron chi connectivity index (χ2n) is 9.80. The largest absolute Gasteiger partial charge is 0.358 e. The first-order valence-electron chi connectivity index (χ1n) is 12.5. The van der Waals surface area contributed by atoms with Crippen molar-refractivity contribution >= 4 is 29.3 Å². The standard InChI is InChI=1S/C20H35ClN14O3/c21-15-17(30-32-23)26-16(29-31-22)14(25-15)18(38)27-19-28-20(11-35(19)24)5-9-34(10-6-20)13(37)4-3-12(36)33-7-1-2-8-33/h14,16,19,25-26,28H,1-11,24H2,(H2,22,29)(H2,23,30)(H,27,38). The number of nitrogens with zero attached hydrogens (tertiary/aromatic N) is 7. The van der Waals surface area contributed by atoms with Gasteiger partial charge in [0.2, 0.25) is 17.7 Å². The fourth-order valence-corrected chi connectivity index (χ4v) is 5.47. The van der Waals surface area contributed by atoms with Gasteiger partial charge in [-0.25, -0.2) is 5.01 Å². The lowest BCUT2D eigenvalue weighted by Gasteiger charge is -2.39. The number of nitrogens with one attached hydrogen (secondary N) is 4. The van der Waals surface area contributed by atoms with Crippen molar-refractivity contribution < 1.29 is 14.4 Å². The molecular formula is C20H35ClN14O3. The predicted octanol–water partition coefficient (Wildman–Crippen LogP) is -2.17. The third-order valence-electron chi connectivity index (χ3n) is 7.35. The van der Waals surface area contributed by atoms with E-state index < -0.39 is 24.4 Å². The molecule has 0 aliphatic carbocycles. The summed E-state index contributed by atoms with van der Waals surface area (Å²) in [5.41, 5.74) is -0.379. The highest BCUT2D eigenvalue weighted by atomic mass is 35.5. The van der Waals surface area contributed by atoms with Gasteiger partial charge in [-0.2, -0.15) is 0 Å². The molecule has 3 amide bonds. The molecule has 0 aromatic carbocycles. The first kappa shape index (κ1) is 27.7. The summed E-state index contributed by atoms with van der Waals surface area (Å²) in [7, 11) is 0. The number of halogens is 1. The molecule has 0 aromatic rings. The van der Waals surface area contributed by atoms with Crippen LogP contribution in [0.4, 0.5) is 0 Å². The smallest absolute Gasteiger partial charge is 0.249 e. The first-order chi connectivity index (χ1) is 18.2. The Kier molecular flexibility index (Phi) is 8.80. The SMILES string of the molecule is NN=NC1=C(Cl)NC(C(=O)NC2NC3(CCN(C(=O)CCC(=O)N4CCCC4)CC3)CN2N)C(N=NN)N1. The average molecular weight is 555 g/mol. The second-order valence-corrected chi connectivity index (χ2v) is 10.2. The molecule has 10 N–H and O–H groups in total. The number of rotatable bonds is 7. The van der Waals surface area contributed by atoms with Gasteiger partial charge in [-0.15, -0.1) is 10.2 Å². The van der Waals surface area contributed by atoms with E-state index in [1.165, 1.54) is 5.01 Å². The molecule has 1 spiro atoms. The van der Waals surface area contributed by atoms with Crippen LogP contribution in [0.1, 0.15) is 38.5 Å². The Morgan fingerprint density at radius 2 is 1.63 bits per heavy atom. The van der Waals surface area contributed by atoms with Crippen LogP contribution in [0.5, 0.6) is 0 Å². The van der Waals surface area contributed by atoms with E-state index in [9.17, 15) is 14.4 Å². The van der Waals surface area contributed by atoms with Crippen LogP contribution in [0.15, 0.2) is 31.7 Å². The van der Waals surface area contributed by atoms with Crippen LogP contribution < -0.4 is 38.8 Å². The molecule has 18 heteroatoms. The first-order valence-corrected chi connectivity index (χ1v) is 12.9. The van der Waals surface area contributed by atoms with Crippen molar-refractivity contribution in [1.82, 2.24) is 36.1 Å². The molecule has 17 nitrogen and oxygen atoms in total. The Bertz CT molecular complexity index is 991. The highest BCUT2D eigenvalue weighted by Gasteiger charge is 2.46. The van der Waals surface area contributed by atoms with Crippen molar-refractivity contribution in [2.45, 2.75) is 62.6 Å². The van der Waals surface area contributed by atoms with Crippen molar-refractivity contribution in [3.8, 4) is 0 Å². The molecule has 4 rings (SSSR count). The summed E-state index contributed by atoms with van der Waals surface area (Å²) in [5, 5.41) is 27.2. The van der Waals surface area contributed by atoms with E-state index in [0.717, 1.165) is 25.9 Å². The number of hydrogen-bond acceptors (Lipinski definition) is 12. The maximum absolute atomic E-state index is 13.1. The summed E-state index contributed by atoms with van der Waals surface area (Å²) >= 11 is 6.15. The number of hydrogen-bond donors (Lipinski definition) is 7. The molecule has 0 radical (unpaired) electrons. The van der Waals surface area contributed by atoms with Gasteiger partial charge in [0, 0.05) is 51.1 Å². The van der Waals surface area contributed by atoms with Crippen LogP contribution in [0, 0.1) is 0 Å². The van der Waals surface area contributed by atoms with Gasteiger partial charge in [0.1, 0.15) is 17.5 Å². The van der Waals surface area contributed by atoms with E-state index in [0.29, 0.717) is 32.5 Å². The minimum atomic E-state index is -0.985. The Morgan fingerprint density at radius 3 is 2.24 bits per heavy atom. The Balaban J connectivity index is 1.28. The molecule has 4 heterocycles. The number of nitrogens with two attached hydrogens (primary N) is 3. The quantitative estimate of drug-likeness (QED) is 0.0777. The lowest BCUT2D eigenvalue weighted by atomic mass is 9.88. The zero-order valence-electron chi connectivity index (χ0n) is 21.0. The Hall–Kier alpha value is -3.28. The van der Waals surface area contributed by atoms with E-state index in [1.807, 2.05) is 4.90 Å². The molecule has 38 heavy (non-hydrogen) atoms. The molecule has 3 unspecified atom stereocenters. The van der Waals surface area contributed by atoms with E-state index in [1.54, 1.807) is 4.90 Å². The summed E-state index contributed by atoms with van der Waals surface area (Å²) in [6.07, 6.45) is 2.20. The van der Waals surface area contributed by atoms with E-state index >= 15 is 0 Å². The van der Waals surface area contributed by atoms with Gasteiger partial charge < -0.3 is 37.4 Å². The highest BCUT2D eigenvalue weighted by molar-refractivity contribution is 6.29. The molecule has 4 aliphatic heterocycles. The van der Waals surface area contributed by atoms with Gasteiger partial charge in [0.25, 0.3) is 0 Å².